The highest BCUT2D eigenvalue weighted by Crippen LogP contribution is 2.34. The molecule has 2 heterocycles. The first-order valence-electron chi connectivity index (χ1n) is 4.65. The van der Waals surface area contributed by atoms with Gasteiger partial charge in [-0.15, -0.1) is 0 Å². The number of pyridine rings is 1. The molecule has 0 aliphatic carbocycles. The fourth-order valence-corrected chi connectivity index (χ4v) is 1.59. The summed E-state index contributed by atoms with van der Waals surface area (Å²) >= 11 is 5.81. The van der Waals surface area contributed by atoms with Gasteiger partial charge in [-0.3, -0.25) is 0 Å². The molecule has 2 rings (SSSR count). The lowest BCUT2D eigenvalue weighted by molar-refractivity contribution is -0.141. The van der Waals surface area contributed by atoms with Crippen LogP contribution in [-0.2, 0) is 6.18 Å². The summed E-state index contributed by atoms with van der Waals surface area (Å²) in [6.07, 6.45) is -3.07. The van der Waals surface area contributed by atoms with Crippen molar-refractivity contribution in [2.75, 3.05) is 0 Å². The van der Waals surface area contributed by atoms with Crippen molar-refractivity contribution in [1.29, 1.82) is 0 Å². The molecule has 17 heavy (non-hydrogen) atoms. The van der Waals surface area contributed by atoms with Crippen LogP contribution in [0.15, 0.2) is 24.4 Å². The molecule has 0 radical (unpaired) electrons. The highest BCUT2D eigenvalue weighted by atomic mass is 35.5. The third-order valence-corrected chi connectivity index (χ3v) is 2.63. The second kappa shape index (κ2) is 4.03. The summed E-state index contributed by atoms with van der Waals surface area (Å²) in [6, 6.07) is 4.82. The molecule has 0 spiro atoms. The molecule has 2 aromatic heterocycles. The van der Waals surface area contributed by atoms with Crippen LogP contribution in [-0.4, -0.2) is 14.8 Å². The predicted molar refractivity (Wildman–Crippen MR) is 56.1 cm³/mol. The van der Waals surface area contributed by atoms with Gasteiger partial charge in [0.2, 0.25) is 0 Å². The summed E-state index contributed by atoms with van der Waals surface area (Å²) in [5.74, 6) is 0.246. The van der Waals surface area contributed by atoms with Crippen molar-refractivity contribution in [3.63, 3.8) is 0 Å². The van der Waals surface area contributed by atoms with Crippen molar-refractivity contribution >= 4 is 11.6 Å². The van der Waals surface area contributed by atoms with Crippen LogP contribution in [0.1, 0.15) is 11.3 Å². The lowest BCUT2D eigenvalue weighted by atomic mass is 10.3. The maximum atomic E-state index is 12.6. The van der Waals surface area contributed by atoms with Gasteiger partial charge in [0.25, 0.3) is 0 Å². The van der Waals surface area contributed by atoms with E-state index in [9.17, 15) is 13.2 Å². The van der Waals surface area contributed by atoms with E-state index in [0.717, 1.165) is 4.68 Å². The number of hydrogen-bond acceptors (Lipinski definition) is 2. The molecule has 0 unspecified atom stereocenters. The second-order valence-electron chi connectivity index (χ2n) is 3.36. The molecule has 0 aromatic carbocycles. The van der Waals surface area contributed by atoms with Gasteiger partial charge in [0, 0.05) is 11.8 Å². The van der Waals surface area contributed by atoms with E-state index in [4.69, 9.17) is 11.6 Å². The molecule has 7 heteroatoms. The Bertz CT molecular complexity index is 534. The van der Waals surface area contributed by atoms with Gasteiger partial charge in [0.1, 0.15) is 5.15 Å². The van der Waals surface area contributed by atoms with Gasteiger partial charge in [0.05, 0.1) is 0 Å². The third-order valence-electron chi connectivity index (χ3n) is 2.19. The van der Waals surface area contributed by atoms with Gasteiger partial charge >= 0.3 is 6.18 Å². The Labute approximate surface area is 99.8 Å². The van der Waals surface area contributed by atoms with Gasteiger partial charge in [0.15, 0.2) is 11.5 Å². The zero-order valence-corrected chi connectivity index (χ0v) is 9.42. The Hall–Kier alpha value is -1.56. The molecular weight excluding hydrogens is 255 g/mol. The Kier molecular flexibility index (Phi) is 2.82. The molecule has 0 fully saturated rings. The van der Waals surface area contributed by atoms with E-state index in [1.54, 1.807) is 12.1 Å². The largest absolute Gasteiger partial charge is 0.435 e. The number of nitrogens with zero attached hydrogens (tertiary/aromatic N) is 3. The van der Waals surface area contributed by atoms with Crippen LogP contribution in [0.25, 0.3) is 5.82 Å². The minimum absolute atomic E-state index is 0.0870. The molecule has 0 atom stereocenters. The van der Waals surface area contributed by atoms with Crippen LogP contribution in [0.3, 0.4) is 0 Å². The van der Waals surface area contributed by atoms with E-state index < -0.39 is 11.9 Å². The molecular formula is C10H7ClF3N3. The summed E-state index contributed by atoms with van der Waals surface area (Å²) in [5, 5.41) is 3.36. The van der Waals surface area contributed by atoms with E-state index in [-0.39, 0.29) is 16.5 Å². The number of rotatable bonds is 1. The summed E-state index contributed by atoms with van der Waals surface area (Å²) in [5.41, 5.74) is -1.10. The van der Waals surface area contributed by atoms with Crippen molar-refractivity contribution < 1.29 is 13.2 Å². The number of aromatic nitrogens is 3. The molecule has 2 aromatic rings. The van der Waals surface area contributed by atoms with E-state index in [0.29, 0.717) is 0 Å². The van der Waals surface area contributed by atoms with Crippen LogP contribution in [0, 0.1) is 6.92 Å². The quantitative estimate of drug-likeness (QED) is 0.789. The molecule has 0 aliphatic heterocycles. The fraction of sp³-hybridized carbons (Fsp3) is 0.200. The summed E-state index contributed by atoms with van der Waals surface area (Å²) in [7, 11) is 0. The van der Waals surface area contributed by atoms with Gasteiger partial charge in [-0.1, -0.05) is 17.7 Å². The average molecular weight is 262 g/mol. The lowest BCUT2D eigenvalue weighted by Gasteiger charge is -2.02. The maximum absolute atomic E-state index is 12.6. The standard InChI is InChI=1S/C10H7ClF3N3/c1-6-8(10(12,13)14)16-17(9(6)11)7-4-2-3-5-15-7/h2-5H,1H3. The van der Waals surface area contributed by atoms with Crippen molar-refractivity contribution in [3.8, 4) is 5.82 Å². The monoisotopic (exact) mass is 261 g/mol. The smallest absolute Gasteiger partial charge is 0.237 e. The van der Waals surface area contributed by atoms with Gasteiger partial charge in [-0.05, 0) is 19.1 Å². The van der Waals surface area contributed by atoms with Crippen molar-refractivity contribution in [2.24, 2.45) is 0 Å². The normalized spacial score (nSPS) is 11.8. The number of hydrogen-bond donors (Lipinski definition) is 0. The Morgan fingerprint density at radius 3 is 2.47 bits per heavy atom. The topological polar surface area (TPSA) is 30.7 Å². The van der Waals surface area contributed by atoms with Crippen LogP contribution in [0.5, 0.6) is 0 Å². The molecule has 0 amide bonds. The van der Waals surface area contributed by atoms with Crippen molar-refractivity contribution in [2.45, 2.75) is 13.1 Å². The number of alkyl halides is 3. The fourth-order valence-electron chi connectivity index (χ4n) is 1.38. The van der Waals surface area contributed by atoms with E-state index in [2.05, 4.69) is 10.1 Å². The Balaban J connectivity index is 2.59. The highest BCUT2D eigenvalue weighted by molar-refractivity contribution is 6.30. The zero-order valence-electron chi connectivity index (χ0n) is 8.66. The third kappa shape index (κ3) is 2.12. The predicted octanol–water partition coefficient (Wildman–Crippen LogP) is 3.25. The molecule has 3 nitrogen and oxygen atoms in total. The molecule has 0 N–H and O–H groups in total. The Morgan fingerprint density at radius 2 is 2.00 bits per heavy atom. The van der Waals surface area contributed by atoms with E-state index in [1.807, 2.05) is 0 Å². The van der Waals surface area contributed by atoms with Crippen LogP contribution >= 0.6 is 11.6 Å². The molecule has 0 saturated carbocycles. The Morgan fingerprint density at radius 1 is 1.29 bits per heavy atom. The molecule has 0 aliphatic rings. The molecule has 0 bridgehead atoms. The van der Waals surface area contributed by atoms with Crippen molar-refractivity contribution in [3.05, 3.63) is 40.8 Å². The van der Waals surface area contributed by atoms with Crippen LogP contribution in [0.4, 0.5) is 13.2 Å². The first-order chi connectivity index (χ1) is 7.91. The molecule has 90 valence electrons. The second-order valence-corrected chi connectivity index (χ2v) is 3.72. The summed E-state index contributed by atoms with van der Waals surface area (Å²) in [6.45, 7) is 1.28. The highest BCUT2D eigenvalue weighted by Gasteiger charge is 2.37. The maximum Gasteiger partial charge on any atom is 0.435 e. The van der Waals surface area contributed by atoms with Gasteiger partial charge in [-0.25, -0.2) is 9.67 Å². The number of halogens is 4. The first-order valence-corrected chi connectivity index (χ1v) is 5.03. The first kappa shape index (κ1) is 11.9. The van der Waals surface area contributed by atoms with Crippen molar-refractivity contribution in [1.82, 2.24) is 14.8 Å². The van der Waals surface area contributed by atoms with E-state index >= 15 is 0 Å². The van der Waals surface area contributed by atoms with Gasteiger partial charge < -0.3 is 0 Å². The molecule has 0 saturated heterocycles. The minimum Gasteiger partial charge on any atom is -0.237 e. The average Bonchev–Trinajstić information content (AvgIpc) is 2.57. The van der Waals surface area contributed by atoms with Crippen LogP contribution < -0.4 is 0 Å². The minimum atomic E-state index is -4.52. The lowest BCUT2D eigenvalue weighted by Crippen LogP contribution is -2.08. The SMILES string of the molecule is Cc1c(C(F)(F)F)nn(-c2ccccn2)c1Cl. The van der Waals surface area contributed by atoms with Gasteiger partial charge in [-0.2, -0.15) is 18.3 Å². The summed E-state index contributed by atoms with van der Waals surface area (Å²) < 4.78 is 38.8. The van der Waals surface area contributed by atoms with Crippen LogP contribution in [0.2, 0.25) is 5.15 Å². The summed E-state index contributed by atoms with van der Waals surface area (Å²) in [4.78, 5) is 3.89. The zero-order chi connectivity index (χ0) is 12.6. The van der Waals surface area contributed by atoms with E-state index in [1.165, 1.54) is 19.2 Å².